The van der Waals surface area contributed by atoms with Gasteiger partial charge in [0.15, 0.2) is 0 Å². The van der Waals surface area contributed by atoms with Gasteiger partial charge in [-0.2, -0.15) is 0 Å². The number of nitrogens with one attached hydrogen (secondary N) is 1. The molecule has 69 heavy (non-hydrogen) atoms. The summed E-state index contributed by atoms with van der Waals surface area (Å²) in [6.45, 7) is 4.87. The molecule has 6 heteroatoms. The summed E-state index contributed by atoms with van der Waals surface area (Å²) in [5, 5.41) is 23.3. The Morgan fingerprint density at radius 3 is 1.10 bits per heavy atom. The van der Waals surface area contributed by atoms with Crippen LogP contribution in [0.5, 0.6) is 0 Å². The number of carbonyl (C=O) groups excluding carboxylic acids is 2. The number of hydrogen-bond acceptors (Lipinski definition) is 5. The van der Waals surface area contributed by atoms with E-state index < -0.39 is 12.1 Å². The van der Waals surface area contributed by atoms with Gasteiger partial charge in [0.05, 0.1) is 25.4 Å². The topological polar surface area (TPSA) is 95.9 Å². The standard InChI is InChI=1S/C63H121NO5/c1-3-5-7-9-11-13-15-17-19-25-29-33-37-41-45-49-53-57-63(68)69-58-54-50-46-42-38-34-30-27-24-22-20-21-23-26-28-32-36-40-44-48-52-56-62(67)64-60(59-65)61(66)55-51-47-43-39-35-31-18-16-14-12-10-8-6-4-2/h34,38,46,50,60-61,65-66H,3-33,35-37,39-45,47-49,51-59H2,1-2H3,(H,64,67)/b38-34-,50-46-. The van der Waals surface area contributed by atoms with E-state index in [1.165, 1.54) is 257 Å². The monoisotopic (exact) mass is 972 g/mol. The highest BCUT2D eigenvalue weighted by Gasteiger charge is 2.20. The molecule has 0 aliphatic carbocycles. The fraction of sp³-hybridized carbons (Fsp3) is 0.905. The molecule has 0 spiro atoms. The number of ether oxygens (including phenoxy) is 1. The second-order valence-corrected chi connectivity index (χ2v) is 21.4. The number of carbonyl (C=O) groups is 2. The lowest BCUT2D eigenvalue weighted by molar-refractivity contribution is -0.143. The van der Waals surface area contributed by atoms with Crippen molar-refractivity contribution >= 4 is 11.9 Å². The van der Waals surface area contributed by atoms with E-state index in [4.69, 9.17) is 4.74 Å². The van der Waals surface area contributed by atoms with Crippen LogP contribution in [-0.2, 0) is 14.3 Å². The molecular formula is C63H121NO5. The molecule has 0 saturated carbocycles. The maximum Gasteiger partial charge on any atom is 0.305 e. The van der Waals surface area contributed by atoms with Crippen molar-refractivity contribution in [3.8, 4) is 0 Å². The van der Waals surface area contributed by atoms with Crippen molar-refractivity contribution in [2.45, 2.75) is 353 Å². The first kappa shape index (κ1) is 67.3. The molecule has 0 aliphatic rings. The second kappa shape index (κ2) is 58.9. The van der Waals surface area contributed by atoms with E-state index in [0.29, 0.717) is 25.9 Å². The van der Waals surface area contributed by atoms with Crippen LogP contribution in [0, 0.1) is 0 Å². The van der Waals surface area contributed by atoms with Crippen molar-refractivity contribution in [2.24, 2.45) is 0 Å². The Morgan fingerprint density at radius 2 is 0.725 bits per heavy atom. The summed E-state index contributed by atoms with van der Waals surface area (Å²) in [5.41, 5.74) is 0. The molecule has 0 aromatic heterocycles. The van der Waals surface area contributed by atoms with Crippen LogP contribution in [0.25, 0.3) is 0 Å². The van der Waals surface area contributed by atoms with Crippen LogP contribution in [0.15, 0.2) is 24.3 Å². The van der Waals surface area contributed by atoms with E-state index in [9.17, 15) is 19.8 Å². The normalized spacial score (nSPS) is 12.7. The second-order valence-electron chi connectivity index (χ2n) is 21.4. The van der Waals surface area contributed by atoms with Crippen LogP contribution in [0.1, 0.15) is 341 Å². The summed E-state index contributed by atoms with van der Waals surface area (Å²) in [5.74, 6) is -0.0690. The molecule has 2 unspecified atom stereocenters. The molecule has 6 nitrogen and oxygen atoms in total. The van der Waals surface area contributed by atoms with Crippen LogP contribution in [0.4, 0.5) is 0 Å². The third-order valence-electron chi connectivity index (χ3n) is 14.5. The summed E-state index contributed by atoms with van der Waals surface area (Å²) in [6.07, 6.45) is 72.0. The number of unbranched alkanes of at least 4 members (excludes halogenated alkanes) is 43. The summed E-state index contributed by atoms with van der Waals surface area (Å²) in [4.78, 5) is 24.5. The third-order valence-corrected chi connectivity index (χ3v) is 14.5. The Kier molecular flexibility index (Phi) is 57.5. The zero-order chi connectivity index (χ0) is 50.0. The number of aliphatic hydroxyl groups excluding tert-OH is 2. The van der Waals surface area contributed by atoms with Crippen molar-refractivity contribution in [1.29, 1.82) is 0 Å². The minimum Gasteiger partial charge on any atom is -0.465 e. The summed E-state index contributed by atoms with van der Waals surface area (Å²) in [6, 6.07) is -0.545. The van der Waals surface area contributed by atoms with Gasteiger partial charge in [-0.05, 0) is 44.9 Å². The molecule has 0 heterocycles. The van der Waals surface area contributed by atoms with Crippen molar-refractivity contribution in [1.82, 2.24) is 5.32 Å². The van der Waals surface area contributed by atoms with Crippen LogP contribution in [0.2, 0.25) is 0 Å². The van der Waals surface area contributed by atoms with Gasteiger partial charge in [-0.15, -0.1) is 0 Å². The van der Waals surface area contributed by atoms with Crippen molar-refractivity contribution in [3.05, 3.63) is 24.3 Å². The zero-order valence-electron chi connectivity index (χ0n) is 46.6. The van der Waals surface area contributed by atoms with Gasteiger partial charge in [-0.3, -0.25) is 9.59 Å². The molecule has 1 amide bonds. The lowest BCUT2D eigenvalue weighted by atomic mass is 10.0. The molecule has 0 bridgehead atoms. The first-order chi connectivity index (χ1) is 34.0. The first-order valence-electron chi connectivity index (χ1n) is 31.1. The lowest BCUT2D eigenvalue weighted by Gasteiger charge is -2.22. The van der Waals surface area contributed by atoms with Gasteiger partial charge in [0, 0.05) is 12.8 Å². The molecule has 0 aliphatic heterocycles. The predicted octanol–water partition coefficient (Wildman–Crippen LogP) is 19.4. The van der Waals surface area contributed by atoms with Gasteiger partial charge >= 0.3 is 5.97 Å². The van der Waals surface area contributed by atoms with E-state index in [0.717, 1.165) is 51.4 Å². The minimum atomic E-state index is -0.667. The molecular weight excluding hydrogens is 851 g/mol. The average Bonchev–Trinajstić information content (AvgIpc) is 3.35. The number of hydrogen-bond donors (Lipinski definition) is 3. The van der Waals surface area contributed by atoms with Crippen molar-refractivity contribution < 1.29 is 24.5 Å². The first-order valence-corrected chi connectivity index (χ1v) is 31.1. The summed E-state index contributed by atoms with van der Waals surface area (Å²) >= 11 is 0. The number of aliphatic hydroxyl groups is 2. The largest absolute Gasteiger partial charge is 0.465 e. The summed E-state index contributed by atoms with van der Waals surface area (Å²) < 4.78 is 5.43. The van der Waals surface area contributed by atoms with E-state index in [1.54, 1.807) is 0 Å². The van der Waals surface area contributed by atoms with Crippen LogP contribution >= 0.6 is 0 Å². The number of allylic oxidation sites excluding steroid dienone is 3. The summed E-state index contributed by atoms with van der Waals surface area (Å²) in [7, 11) is 0. The van der Waals surface area contributed by atoms with Gasteiger partial charge in [0.25, 0.3) is 0 Å². The molecule has 2 atom stereocenters. The van der Waals surface area contributed by atoms with Gasteiger partial charge < -0.3 is 20.3 Å². The van der Waals surface area contributed by atoms with Crippen molar-refractivity contribution in [2.75, 3.05) is 13.2 Å². The van der Waals surface area contributed by atoms with Crippen LogP contribution in [-0.4, -0.2) is 47.4 Å². The lowest BCUT2D eigenvalue weighted by Crippen LogP contribution is -2.45. The number of esters is 1. The van der Waals surface area contributed by atoms with Gasteiger partial charge in [0.2, 0.25) is 5.91 Å². The van der Waals surface area contributed by atoms with E-state index in [-0.39, 0.29) is 18.5 Å². The Morgan fingerprint density at radius 1 is 0.406 bits per heavy atom. The smallest absolute Gasteiger partial charge is 0.305 e. The predicted molar refractivity (Wildman–Crippen MR) is 301 cm³/mol. The molecule has 0 aromatic carbocycles. The van der Waals surface area contributed by atoms with Crippen molar-refractivity contribution in [3.63, 3.8) is 0 Å². The maximum absolute atomic E-state index is 12.5. The Bertz CT molecular complexity index is 1080. The fourth-order valence-corrected chi connectivity index (χ4v) is 9.77. The average molecular weight is 973 g/mol. The molecule has 0 aromatic rings. The Labute approximate surface area is 431 Å². The third kappa shape index (κ3) is 55.5. The Balaban J connectivity index is 3.43. The van der Waals surface area contributed by atoms with Gasteiger partial charge in [-0.1, -0.05) is 308 Å². The molecule has 408 valence electrons. The molecule has 3 N–H and O–H groups in total. The van der Waals surface area contributed by atoms with Crippen LogP contribution in [0.3, 0.4) is 0 Å². The highest BCUT2D eigenvalue weighted by atomic mass is 16.5. The fourth-order valence-electron chi connectivity index (χ4n) is 9.77. The van der Waals surface area contributed by atoms with E-state index in [2.05, 4.69) is 43.5 Å². The quantitative estimate of drug-likeness (QED) is 0.0321. The number of rotatable bonds is 58. The molecule has 0 radical (unpaired) electrons. The minimum absolute atomic E-state index is 0.0308. The molecule has 0 fully saturated rings. The zero-order valence-corrected chi connectivity index (χ0v) is 46.6. The highest BCUT2D eigenvalue weighted by molar-refractivity contribution is 5.76. The number of amides is 1. The highest BCUT2D eigenvalue weighted by Crippen LogP contribution is 2.18. The van der Waals surface area contributed by atoms with Gasteiger partial charge in [-0.25, -0.2) is 0 Å². The Hall–Kier alpha value is -1.66. The van der Waals surface area contributed by atoms with Gasteiger partial charge in [0.1, 0.15) is 0 Å². The SMILES string of the molecule is CCCCCCCCCCCCCCCCCCCC(=O)OCC/C=C\C/C=C\CCCCCCCCCCCCCCCCC(=O)NC(CO)C(O)CCCCCCCCCCCCCCCC. The van der Waals surface area contributed by atoms with Crippen LogP contribution < -0.4 is 5.32 Å². The molecule has 0 rings (SSSR count). The maximum atomic E-state index is 12.5. The molecule has 0 saturated heterocycles. The van der Waals surface area contributed by atoms with E-state index >= 15 is 0 Å². The van der Waals surface area contributed by atoms with E-state index in [1.807, 2.05) is 0 Å².